The van der Waals surface area contributed by atoms with Crippen LogP contribution in [0, 0.1) is 18.3 Å². The first kappa shape index (κ1) is 38.5. The van der Waals surface area contributed by atoms with Crippen molar-refractivity contribution in [2.75, 3.05) is 37.4 Å². The van der Waals surface area contributed by atoms with Crippen molar-refractivity contribution in [3.05, 3.63) is 74.4 Å². The minimum atomic E-state index is -3.79. The van der Waals surface area contributed by atoms with Crippen LogP contribution in [0.3, 0.4) is 0 Å². The van der Waals surface area contributed by atoms with Crippen LogP contribution < -0.4 is 19.9 Å². The predicted molar refractivity (Wildman–Crippen MR) is 207 cm³/mol. The van der Waals surface area contributed by atoms with Crippen LogP contribution in [-0.2, 0) is 16.6 Å². The number of ether oxygens (including phenoxy) is 1. The molecule has 1 aromatic carbocycles. The molecule has 18 heteroatoms. The van der Waals surface area contributed by atoms with Crippen molar-refractivity contribution in [1.82, 2.24) is 29.1 Å². The quantitative estimate of drug-likeness (QED) is 0.173. The molecule has 2 aliphatic rings. The number of likely N-dealkylation sites (tertiary alicyclic amines) is 1. The van der Waals surface area contributed by atoms with Gasteiger partial charge in [-0.25, -0.2) is 31.9 Å². The lowest BCUT2D eigenvalue weighted by Gasteiger charge is -2.46. The van der Waals surface area contributed by atoms with Crippen molar-refractivity contribution in [3.8, 4) is 22.9 Å². The molecule has 0 radical (unpaired) electrons. The van der Waals surface area contributed by atoms with E-state index in [1.54, 1.807) is 36.6 Å². The van der Waals surface area contributed by atoms with Crippen molar-refractivity contribution in [3.63, 3.8) is 0 Å². The second-order valence-corrected chi connectivity index (χ2v) is 17.1. The smallest absolute Gasteiger partial charge is 0.267 e. The number of aryl methyl sites for hydroxylation is 1. The highest BCUT2D eigenvalue weighted by atomic mass is 35.5. The molecule has 1 saturated carbocycles. The van der Waals surface area contributed by atoms with Crippen molar-refractivity contribution < 1.29 is 26.7 Å². The van der Waals surface area contributed by atoms with Crippen molar-refractivity contribution >= 4 is 65.8 Å². The summed E-state index contributed by atoms with van der Waals surface area (Å²) in [6.45, 7) is 4.58. The maximum atomic E-state index is 14.1. The molecular weight excluding hydrogens is 774 g/mol. The van der Waals surface area contributed by atoms with E-state index in [4.69, 9.17) is 16.3 Å². The van der Waals surface area contributed by atoms with Crippen molar-refractivity contribution in [2.45, 2.75) is 64.1 Å². The number of nitrogens with one attached hydrogen (secondary N) is 1. The Bertz CT molecular complexity index is 2530. The van der Waals surface area contributed by atoms with Crippen LogP contribution in [-0.4, -0.2) is 89.2 Å². The first-order valence-corrected chi connectivity index (χ1v) is 20.6. The van der Waals surface area contributed by atoms with Gasteiger partial charge in [-0.3, -0.25) is 24.0 Å². The first-order chi connectivity index (χ1) is 26.2. The van der Waals surface area contributed by atoms with E-state index in [-0.39, 0.29) is 60.3 Å². The molecule has 55 heavy (non-hydrogen) atoms. The Balaban J connectivity index is 1.12. The van der Waals surface area contributed by atoms with Gasteiger partial charge in [-0.1, -0.05) is 11.6 Å². The molecule has 4 aromatic heterocycles. The molecule has 1 saturated heterocycles. The summed E-state index contributed by atoms with van der Waals surface area (Å²) in [5.74, 6) is -2.40. The number of amides is 1. The van der Waals surface area contributed by atoms with Crippen LogP contribution in [0.15, 0.2) is 46.8 Å². The average Bonchev–Trinajstić information content (AvgIpc) is 3.60. The van der Waals surface area contributed by atoms with Gasteiger partial charge >= 0.3 is 0 Å². The lowest BCUT2D eigenvalue weighted by molar-refractivity contribution is -0.127. The molecule has 5 aromatic rings. The molecular formula is C37H37ClF2N8O5S2. The van der Waals surface area contributed by atoms with Gasteiger partial charge in [0.05, 0.1) is 45.2 Å². The molecule has 0 bridgehead atoms. The number of nitriles is 1. The fourth-order valence-corrected chi connectivity index (χ4v) is 9.05. The van der Waals surface area contributed by atoms with Gasteiger partial charge in [0.25, 0.3) is 17.4 Å². The molecule has 0 unspecified atom stereocenters. The van der Waals surface area contributed by atoms with Crippen LogP contribution >= 0.6 is 22.9 Å². The van der Waals surface area contributed by atoms with E-state index < -0.39 is 27.4 Å². The molecule has 0 atom stereocenters. The number of piperidine rings is 1. The minimum absolute atomic E-state index is 0.00763. The third kappa shape index (κ3) is 7.60. The Morgan fingerprint density at radius 3 is 2.64 bits per heavy atom. The first-order valence-electron chi connectivity index (χ1n) is 17.7. The van der Waals surface area contributed by atoms with E-state index in [0.29, 0.717) is 75.2 Å². The standard InChI is InChI=1S/C37H37ClF2N8O5S2/c1-4-55(51,52)45-35(49)28-20-54-33-25(7-10-42-32(28)33)26-15-22(38)5-6-30(26)53-14-13-48-21(2)44-29-19-43-34(27(18-41)31(29)36(48)50)46(3)23-8-11-47(12-9-23)24-16-37(39,40)17-24/h5-7,10,15,19-20,23-24H,4,8-9,11-14,16-17H2,1-3H3,(H,45,49). The van der Waals surface area contributed by atoms with Crippen molar-refractivity contribution in [1.29, 1.82) is 5.26 Å². The van der Waals surface area contributed by atoms with Gasteiger partial charge in [0, 0.05) is 72.8 Å². The summed E-state index contributed by atoms with van der Waals surface area (Å²) in [6.07, 6.45) is 4.22. The average molecular weight is 811 g/mol. The van der Waals surface area contributed by atoms with Crippen LogP contribution in [0.1, 0.15) is 54.4 Å². The zero-order valence-electron chi connectivity index (χ0n) is 30.2. The Morgan fingerprint density at radius 2 is 1.95 bits per heavy atom. The molecule has 13 nitrogen and oxygen atoms in total. The molecule has 1 N–H and O–H groups in total. The minimum Gasteiger partial charge on any atom is -0.491 e. The third-order valence-corrected chi connectivity index (χ3v) is 12.9. The predicted octanol–water partition coefficient (Wildman–Crippen LogP) is 5.76. The topological polar surface area (TPSA) is 163 Å². The number of anilines is 1. The number of alkyl halides is 2. The van der Waals surface area contributed by atoms with Gasteiger partial charge in [0.15, 0.2) is 0 Å². The number of nitrogens with zero attached hydrogens (tertiary/aromatic N) is 7. The Hall–Kier alpha value is -4.76. The zero-order valence-corrected chi connectivity index (χ0v) is 32.6. The third-order valence-electron chi connectivity index (χ3n) is 10.4. The number of thiophene rings is 1. The molecule has 0 spiro atoms. The van der Waals surface area contributed by atoms with E-state index in [2.05, 4.69) is 30.6 Å². The number of aromatic nitrogens is 4. The molecule has 7 rings (SSSR count). The number of sulfonamides is 1. The van der Waals surface area contributed by atoms with E-state index in [1.165, 1.54) is 35.2 Å². The largest absolute Gasteiger partial charge is 0.491 e. The van der Waals surface area contributed by atoms with Crippen LogP contribution in [0.2, 0.25) is 5.02 Å². The summed E-state index contributed by atoms with van der Waals surface area (Å²) in [7, 11) is -1.95. The van der Waals surface area contributed by atoms with Crippen molar-refractivity contribution in [2.24, 2.45) is 0 Å². The summed E-state index contributed by atoms with van der Waals surface area (Å²) in [4.78, 5) is 44.5. The SMILES string of the molecule is CCS(=O)(=O)NC(=O)c1csc2c(-c3cc(Cl)ccc3OCCn3c(C)nc4cnc(N(C)C5CCN(C6CC(F)(F)C6)CC5)c(C#N)c4c3=O)ccnc12. The number of carbonyl (C=O) groups excluding carboxylic acids is 1. The zero-order chi connectivity index (χ0) is 39.2. The summed E-state index contributed by atoms with van der Waals surface area (Å²) < 4.78 is 61.5. The summed E-state index contributed by atoms with van der Waals surface area (Å²) in [6, 6.07) is 8.91. The molecule has 1 aliphatic carbocycles. The number of hydrogen-bond acceptors (Lipinski definition) is 12. The van der Waals surface area contributed by atoms with Crippen LogP contribution in [0.5, 0.6) is 5.75 Å². The van der Waals surface area contributed by atoms with Gasteiger partial charge in [-0.05, 0) is 51.0 Å². The van der Waals surface area contributed by atoms with E-state index in [9.17, 15) is 32.0 Å². The number of pyridine rings is 2. The molecule has 288 valence electrons. The van der Waals surface area contributed by atoms with Gasteiger partial charge in [-0.2, -0.15) is 5.26 Å². The fourth-order valence-electron chi connectivity index (χ4n) is 7.30. The highest BCUT2D eigenvalue weighted by molar-refractivity contribution is 7.90. The molecule has 1 amide bonds. The number of halogens is 3. The maximum Gasteiger partial charge on any atom is 0.267 e. The fraction of sp³-hybridized carbons (Fsp3) is 0.405. The number of benzene rings is 1. The Labute approximate surface area is 324 Å². The Kier molecular flexibility index (Phi) is 10.5. The lowest BCUT2D eigenvalue weighted by Crippen LogP contribution is -2.55. The Morgan fingerprint density at radius 1 is 1.20 bits per heavy atom. The van der Waals surface area contributed by atoms with Crippen LogP contribution in [0.4, 0.5) is 14.6 Å². The summed E-state index contributed by atoms with van der Waals surface area (Å²) in [5.41, 5.74) is 1.69. The highest BCUT2D eigenvalue weighted by Crippen LogP contribution is 2.42. The molecule has 1 aliphatic heterocycles. The van der Waals surface area contributed by atoms with E-state index in [1.807, 2.05) is 11.9 Å². The summed E-state index contributed by atoms with van der Waals surface area (Å²) in [5, 5.41) is 12.5. The second-order valence-electron chi connectivity index (χ2n) is 13.7. The second kappa shape index (κ2) is 15.1. The summed E-state index contributed by atoms with van der Waals surface area (Å²) >= 11 is 7.65. The molecule has 2 fully saturated rings. The number of carbonyl (C=O) groups is 1. The number of hydrogen-bond donors (Lipinski definition) is 1. The maximum absolute atomic E-state index is 14.1. The van der Waals surface area contributed by atoms with Gasteiger partial charge in [0.1, 0.15) is 35.6 Å². The number of fused-ring (bicyclic) bond motifs is 2. The van der Waals surface area contributed by atoms with Crippen LogP contribution in [0.25, 0.3) is 32.2 Å². The van der Waals surface area contributed by atoms with Gasteiger partial charge < -0.3 is 9.64 Å². The van der Waals surface area contributed by atoms with E-state index in [0.717, 1.165) is 0 Å². The number of rotatable bonds is 11. The lowest BCUT2D eigenvalue weighted by atomic mass is 9.85. The van der Waals surface area contributed by atoms with Gasteiger partial charge in [0.2, 0.25) is 10.0 Å². The van der Waals surface area contributed by atoms with E-state index >= 15 is 0 Å². The molecule has 5 heterocycles. The highest BCUT2D eigenvalue weighted by Gasteiger charge is 2.48. The normalized spacial score (nSPS) is 16.5. The monoisotopic (exact) mass is 810 g/mol. The van der Waals surface area contributed by atoms with Gasteiger partial charge in [-0.15, -0.1) is 11.3 Å².